The van der Waals surface area contributed by atoms with Crippen molar-refractivity contribution in [2.24, 2.45) is 0 Å². The molecule has 2 amide bonds. The van der Waals surface area contributed by atoms with Gasteiger partial charge in [0.05, 0.1) is 6.10 Å². The van der Waals surface area contributed by atoms with E-state index in [4.69, 9.17) is 14.6 Å². The number of amides is 2. The van der Waals surface area contributed by atoms with Crippen LogP contribution in [0, 0.1) is 0 Å². The lowest BCUT2D eigenvalue weighted by Gasteiger charge is -2.13. The van der Waals surface area contributed by atoms with Crippen LogP contribution in [0.3, 0.4) is 0 Å². The highest BCUT2D eigenvalue weighted by atomic mass is 16.5. The smallest absolute Gasteiger partial charge is 0.332 e. The number of nitrogens with one attached hydrogen (secondary N) is 2. The number of hydrogen-bond acceptors (Lipinski definition) is 4. The first kappa shape index (κ1) is 16.7. The number of hydrogen-bond donors (Lipinski definition) is 3. The van der Waals surface area contributed by atoms with Crippen LogP contribution in [0.4, 0.5) is 4.79 Å². The summed E-state index contributed by atoms with van der Waals surface area (Å²) in [5, 5.41) is 14.2. The first-order valence-electron chi connectivity index (χ1n) is 7.02. The second-order valence-corrected chi connectivity index (χ2v) is 4.85. The minimum atomic E-state index is -0.937. The summed E-state index contributed by atoms with van der Waals surface area (Å²) in [6.45, 7) is 1.72. The summed E-state index contributed by atoms with van der Waals surface area (Å²) in [5.74, 6) is -0.937. The molecule has 1 saturated heterocycles. The zero-order chi connectivity index (χ0) is 14.8. The van der Waals surface area contributed by atoms with Crippen molar-refractivity contribution in [1.29, 1.82) is 0 Å². The summed E-state index contributed by atoms with van der Waals surface area (Å²) >= 11 is 0. The van der Waals surface area contributed by atoms with Gasteiger partial charge in [0.15, 0.2) is 6.10 Å². The average molecular weight is 288 g/mol. The molecule has 2 unspecified atom stereocenters. The van der Waals surface area contributed by atoms with Crippen LogP contribution in [-0.2, 0) is 14.3 Å². The molecule has 7 nitrogen and oxygen atoms in total. The van der Waals surface area contributed by atoms with E-state index >= 15 is 0 Å². The molecule has 1 heterocycles. The van der Waals surface area contributed by atoms with E-state index in [-0.39, 0.29) is 12.1 Å². The number of carbonyl (C=O) groups excluding carboxylic acids is 1. The van der Waals surface area contributed by atoms with Gasteiger partial charge in [-0.25, -0.2) is 9.59 Å². The molecule has 0 bridgehead atoms. The number of unbranched alkanes of at least 4 members (excludes halogenated alkanes) is 2. The molecule has 1 aliphatic heterocycles. The van der Waals surface area contributed by atoms with Crippen LogP contribution in [0.1, 0.15) is 32.1 Å². The minimum Gasteiger partial charge on any atom is -0.479 e. The number of ether oxygens (including phenoxy) is 2. The van der Waals surface area contributed by atoms with Crippen LogP contribution in [0.15, 0.2) is 0 Å². The van der Waals surface area contributed by atoms with Gasteiger partial charge < -0.3 is 25.2 Å². The van der Waals surface area contributed by atoms with E-state index in [1.165, 1.54) is 0 Å². The lowest BCUT2D eigenvalue weighted by Crippen LogP contribution is -2.40. The molecule has 0 aromatic heterocycles. The van der Waals surface area contributed by atoms with Gasteiger partial charge >= 0.3 is 12.0 Å². The monoisotopic (exact) mass is 288 g/mol. The molecule has 0 aromatic rings. The molecule has 0 saturated carbocycles. The Bertz CT molecular complexity index is 311. The van der Waals surface area contributed by atoms with E-state index in [0.717, 1.165) is 25.9 Å². The fourth-order valence-corrected chi connectivity index (χ4v) is 2.06. The van der Waals surface area contributed by atoms with Gasteiger partial charge in [0.1, 0.15) is 0 Å². The predicted molar refractivity (Wildman–Crippen MR) is 72.7 cm³/mol. The second kappa shape index (κ2) is 9.55. The van der Waals surface area contributed by atoms with Gasteiger partial charge in [-0.15, -0.1) is 0 Å². The number of rotatable bonds is 9. The highest BCUT2D eigenvalue weighted by Crippen LogP contribution is 2.19. The number of carboxylic acids is 1. The first-order chi connectivity index (χ1) is 9.63. The van der Waals surface area contributed by atoms with E-state index in [1.54, 1.807) is 7.11 Å². The molecule has 1 aliphatic rings. The number of aliphatic carboxylic acids is 1. The van der Waals surface area contributed by atoms with Crippen LogP contribution in [-0.4, -0.2) is 56.1 Å². The molecule has 0 aliphatic carbocycles. The topological polar surface area (TPSA) is 96.9 Å². The van der Waals surface area contributed by atoms with Crippen molar-refractivity contribution in [2.45, 2.75) is 44.3 Å². The van der Waals surface area contributed by atoms with Gasteiger partial charge in [-0.05, 0) is 32.1 Å². The molecule has 7 heteroatoms. The number of carbonyl (C=O) groups is 2. The van der Waals surface area contributed by atoms with Crippen molar-refractivity contribution >= 4 is 12.0 Å². The number of methoxy groups -OCH3 is 1. The van der Waals surface area contributed by atoms with Gasteiger partial charge in [-0.3, -0.25) is 0 Å². The summed E-state index contributed by atoms with van der Waals surface area (Å²) in [5.41, 5.74) is 0. The molecular formula is C13H24N2O5. The molecule has 20 heavy (non-hydrogen) atoms. The fraction of sp³-hybridized carbons (Fsp3) is 0.846. The third kappa shape index (κ3) is 6.72. The van der Waals surface area contributed by atoms with E-state index in [9.17, 15) is 9.59 Å². The van der Waals surface area contributed by atoms with Crippen LogP contribution in [0.25, 0.3) is 0 Å². The zero-order valence-electron chi connectivity index (χ0n) is 11.9. The van der Waals surface area contributed by atoms with Crippen LogP contribution in [0.5, 0.6) is 0 Å². The highest BCUT2D eigenvalue weighted by Gasteiger charge is 2.30. The molecule has 0 aromatic carbocycles. The van der Waals surface area contributed by atoms with Gasteiger partial charge in [0.25, 0.3) is 0 Å². The van der Waals surface area contributed by atoms with Crippen LogP contribution in [0.2, 0.25) is 0 Å². The SMILES string of the molecule is COCCCCCNC(=O)NCC1CCC(C(=O)O)O1. The summed E-state index contributed by atoms with van der Waals surface area (Å²) in [6.07, 6.45) is 3.15. The molecule has 3 N–H and O–H groups in total. The van der Waals surface area contributed by atoms with E-state index < -0.39 is 12.1 Å². The van der Waals surface area contributed by atoms with Crippen molar-refractivity contribution in [3.05, 3.63) is 0 Å². The summed E-state index contributed by atoms with van der Waals surface area (Å²) in [6, 6.07) is -0.237. The maximum Gasteiger partial charge on any atom is 0.332 e. The van der Waals surface area contributed by atoms with Gasteiger partial charge in [0.2, 0.25) is 0 Å². The molecule has 0 radical (unpaired) electrons. The Labute approximate surface area is 119 Å². The Balaban J connectivity index is 1.99. The highest BCUT2D eigenvalue weighted by molar-refractivity contribution is 5.74. The molecule has 0 spiro atoms. The Hall–Kier alpha value is -1.34. The predicted octanol–water partition coefficient (Wildman–Crippen LogP) is 0.735. The first-order valence-corrected chi connectivity index (χ1v) is 7.02. The van der Waals surface area contributed by atoms with Gasteiger partial charge in [-0.2, -0.15) is 0 Å². The summed E-state index contributed by atoms with van der Waals surface area (Å²) in [4.78, 5) is 22.2. The quantitative estimate of drug-likeness (QED) is 0.544. The molecule has 1 rings (SSSR count). The van der Waals surface area contributed by atoms with Crippen molar-refractivity contribution < 1.29 is 24.2 Å². The fourth-order valence-electron chi connectivity index (χ4n) is 2.06. The Kier molecular flexibility index (Phi) is 7.98. The Morgan fingerprint density at radius 1 is 1.25 bits per heavy atom. The van der Waals surface area contributed by atoms with E-state index in [1.807, 2.05) is 0 Å². The van der Waals surface area contributed by atoms with Gasteiger partial charge in [0, 0.05) is 26.8 Å². The lowest BCUT2D eigenvalue weighted by atomic mass is 10.2. The molecule has 116 valence electrons. The number of carboxylic acid groups (broad SMARTS) is 1. The third-order valence-corrected chi connectivity index (χ3v) is 3.18. The lowest BCUT2D eigenvalue weighted by molar-refractivity contribution is -0.149. The molecular weight excluding hydrogens is 264 g/mol. The summed E-state index contributed by atoms with van der Waals surface area (Å²) < 4.78 is 10.2. The van der Waals surface area contributed by atoms with Gasteiger partial charge in [-0.1, -0.05) is 0 Å². The minimum absolute atomic E-state index is 0.205. The summed E-state index contributed by atoms with van der Waals surface area (Å²) in [7, 11) is 1.67. The van der Waals surface area contributed by atoms with E-state index in [0.29, 0.717) is 25.9 Å². The molecule has 1 fully saturated rings. The standard InChI is InChI=1S/C13H24N2O5/c1-19-8-4-2-3-7-14-13(18)15-9-10-5-6-11(20-10)12(16)17/h10-11H,2-9H2,1H3,(H,16,17)(H2,14,15,18). The largest absolute Gasteiger partial charge is 0.479 e. The van der Waals surface area contributed by atoms with Crippen molar-refractivity contribution in [2.75, 3.05) is 26.8 Å². The van der Waals surface area contributed by atoms with E-state index in [2.05, 4.69) is 10.6 Å². The van der Waals surface area contributed by atoms with Crippen LogP contribution >= 0.6 is 0 Å². The normalized spacial score (nSPS) is 21.6. The zero-order valence-corrected chi connectivity index (χ0v) is 11.9. The average Bonchev–Trinajstić information content (AvgIpc) is 2.89. The number of urea groups is 1. The maximum atomic E-state index is 11.5. The Morgan fingerprint density at radius 3 is 2.70 bits per heavy atom. The van der Waals surface area contributed by atoms with Crippen LogP contribution < -0.4 is 10.6 Å². The second-order valence-electron chi connectivity index (χ2n) is 4.85. The van der Waals surface area contributed by atoms with Crippen molar-refractivity contribution in [3.63, 3.8) is 0 Å². The Morgan fingerprint density at radius 2 is 2.05 bits per heavy atom. The third-order valence-electron chi connectivity index (χ3n) is 3.18. The van der Waals surface area contributed by atoms with Crippen molar-refractivity contribution in [1.82, 2.24) is 10.6 Å². The molecule has 2 atom stereocenters. The van der Waals surface area contributed by atoms with Crippen molar-refractivity contribution in [3.8, 4) is 0 Å². The maximum absolute atomic E-state index is 11.5.